The minimum atomic E-state index is -0.0518. The van der Waals surface area contributed by atoms with E-state index in [1.807, 2.05) is 18.2 Å². The number of aliphatic imine (C=N–C) groups is 1. The molecule has 0 saturated carbocycles. The molecule has 1 aromatic carbocycles. The van der Waals surface area contributed by atoms with Gasteiger partial charge in [-0.1, -0.05) is 30.3 Å². The summed E-state index contributed by atoms with van der Waals surface area (Å²) in [5.74, 6) is 1.75. The Hall–Kier alpha value is -1.58. The summed E-state index contributed by atoms with van der Waals surface area (Å²) in [5.41, 5.74) is 1.25. The molecule has 7 heteroatoms. The van der Waals surface area contributed by atoms with E-state index in [1.54, 1.807) is 6.26 Å². The zero-order valence-corrected chi connectivity index (χ0v) is 19.1. The van der Waals surface area contributed by atoms with Crippen LogP contribution in [-0.4, -0.2) is 50.5 Å². The lowest BCUT2D eigenvalue weighted by molar-refractivity contribution is 0.131. The second-order valence-electron chi connectivity index (χ2n) is 7.36. The monoisotopic (exact) mass is 513 g/mol. The van der Waals surface area contributed by atoms with Crippen LogP contribution in [0.3, 0.4) is 0 Å². The molecule has 3 rings (SSSR count). The van der Waals surface area contributed by atoms with Crippen molar-refractivity contribution in [2.45, 2.75) is 25.7 Å². The van der Waals surface area contributed by atoms with Crippen molar-refractivity contribution in [1.82, 2.24) is 10.6 Å². The summed E-state index contributed by atoms with van der Waals surface area (Å²) in [4.78, 5) is 4.82. The normalized spacial score (nSPS) is 19.0. The van der Waals surface area contributed by atoms with Gasteiger partial charge in [0.25, 0.3) is 0 Å². The molecule has 1 fully saturated rings. The van der Waals surface area contributed by atoms with Gasteiger partial charge in [0.1, 0.15) is 5.76 Å². The summed E-state index contributed by atoms with van der Waals surface area (Å²) < 4.78 is 11.0. The van der Waals surface area contributed by atoms with Gasteiger partial charge in [-0.3, -0.25) is 4.99 Å². The lowest BCUT2D eigenvalue weighted by Crippen LogP contribution is -2.40. The van der Waals surface area contributed by atoms with Crippen molar-refractivity contribution in [2.24, 2.45) is 10.4 Å². The molecule has 1 aliphatic rings. The predicted molar refractivity (Wildman–Crippen MR) is 126 cm³/mol. The van der Waals surface area contributed by atoms with E-state index >= 15 is 0 Å². The van der Waals surface area contributed by atoms with Crippen molar-refractivity contribution in [3.63, 3.8) is 0 Å². The van der Waals surface area contributed by atoms with Gasteiger partial charge in [0.05, 0.1) is 19.4 Å². The van der Waals surface area contributed by atoms with Crippen molar-refractivity contribution < 1.29 is 14.3 Å². The Morgan fingerprint density at radius 2 is 1.86 bits per heavy atom. The van der Waals surface area contributed by atoms with Crippen molar-refractivity contribution in [3.05, 3.63) is 60.1 Å². The molecule has 0 aliphatic carbocycles. The molecule has 0 bridgehead atoms. The van der Waals surface area contributed by atoms with Crippen LogP contribution in [0, 0.1) is 5.41 Å². The zero-order chi connectivity index (χ0) is 19.5. The highest BCUT2D eigenvalue weighted by atomic mass is 127. The first kappa shape index (κ1) is 23.7. The van der Waals surface area contributed by atoms with Crippen LogP contribution in [0.2, 0.25) is 0 Å². The fourth-order valence-electron chi connectivity index (χ4n) is 3.44. The SMILES string of the molecule is I.OCCC1(CN=C(NCCc2ccccc2)NCCc2ccco2)CCOC1. The van der Waals surface area contributed by atoms with Gasteiger partial charge in [-0.2, -0.15) is 0 Å². The second-order valence-corrected chi connectivity index (χ2v) is 7.36. The lowest BCUT2D eigenvalue weighted by Gasteiger charge is -2.25. The number of nitrogens with one attached hydrogen (secondary N) is 2. The van der Waals surface area contributed by atoms with Crippen LogP contribution in [0.4, 0.5) is 0 Å². The number of hydrogen-bond acceptors (Lipinski definition) is 4. The predicted octanol–water partition coefficient (Wildman–Crippen LogP) is 3.01. The number of hydrogen-bond donors (Lipinski definition) is 3. The molecule has 2 aromatic rings. The average Bonchev–Trinajstić information content (AvgIpc) is 3.39. The molecule has 0 amide bonds. The number of benzene rings is 1. The number of guanidine groups is 1. The number of furan rings is 1. The molecule has 160 valence electrons. The third-order valence-corrected chi connectivity index (χ3v) is 5.19. The van der Waals surface area contributed by atoms with Crippen LogP contribution in [0.5, 0.6) is 0 Å². The highest BCUT2D eigenvalue weighted by molar-refractivity contribution is 14.0. The molecule has 2 heterocycles. The quantitative estimate of drug-likeness (QED) is 0.259. The second kappa shape index (κ2) is 12.9. The van der Waals surface area contributed by atoms with Gasteiger partial charge in [0.2, 0.25) is 0 Å². The molecule has 6 nitrogen and oxygen atoms in total. The molecule has 0 radical (unpaired) electrons. The maximum absolute atomic E-state index is 9.43. The highest BCUT2D eigenvalue weighted by Crippen LogP contribution is 2.32. The fraction of sp³-hybridized carbons (Fsp3) is 0.500. The third-order valence-electron chi connectivity index (χ3n) is 5.19. The van der Waals surface area contributed by atoms with Crippen LogP contribution in [0.1, 0.15) is 24.2 Å². The average molecular weight is 513 g/mol. The van der Waals surface area contributed by atoms with E-state index in [0.29, 0.717) is 13.2 Å². The Balaban J connectivity index is 0.00000300. The first-order chi connectivity index (χ1) is 13.8. The minimum absolute atomic E-state index is 0. The van der Waals surface area contributed by atoms with Crippen LogP contribution in [-0.2, 0) is 17.6 Å². The maximum atomic E-state index is 9.43. The lowest BCUT2D eigenvalue weighted by atomic mass is 9.84. The largest absolute Gasteiger partial charge is 0.469 e. The Labute approximate surface area is 190 Å². The molecule has 1 saturated heterocycles. The number of aliphatic hydroxyl groups excluding tert-OH is 1. The zero-order valence-electron chi connectivity index (χ0n) is 16.8. The minimum Gasteiger partial charge on any atom is -0.469 e. The molecule has 1 aliphatic heterocycles. The smallest absolute Gasteiger partial charge is 0.191 e. The van der Waals surface area contributed by atoms with Crippen molar-refractivity contribution in [2.75, 3.05) is 39.5 Å². The van der Waals surface area contributed by atoms with Gasteiger partial charge in [-0.05, 0) is 37.0 Å². The van der Waals surface area contributed by atoms with Crippen LogP contribution < -0.4 is 10.6 Å². The van der Waals surface area contributed by atoms with E-state index in [-0.39, 0.29) is 36.0 Å². The van der Waals surface area contributed by atoms with E-state index in [1.165, 1.54) is 5.56 Å². The highest BCUT2D eigenvalue weighted by Gasteiger charge is 2.34. The van der Waals surface area contributed by atoms with Crippen molar-refractivity contribution in [1.29, 1.82) is 0 Å². The Morgan fingerprint density at radius 1 is 1.07 bits per heavy atom. The summed E-state index contributed by atoms with van der Waals surface area (Å²) in [7, 11) is 0. The summed E-state index contributed by atoms with van der Waals surface area (Å²) in [6.45, 7) is 3.78. The molecule has 3 N–H and O–H groups in total. The number of halogens is 1. The van der Waals surface area contributed by atoms with Gasteiger partial charge in [0.15, 0.2) is 5.96 Å². The molecular formula is C22H32IN3O3. The fourth-order valence-corrected chi connectivity index (χ4v) is 3.44. The van der Waals surface area contributed by atoms with Gasteiger partial charge >= 0.3 is 0 Å². The standard InChI is InChI=1S/C22H31N3O3.HI/c26-14-10-22(11-16-27-18-22)17-25-21(24-13-9-20-7-4-15-28-20)23-12-8-19-5-2-1-3-6-19;/h1-7,15,26H,8-14,16-18H2,(H2,23,24,25);1H. The molecule has 1 unspecified atom stereocenters. The molecule has 1 aromatic heterocycles. The van der Waals surface area contributed by atoms with E-state index in [9.17, 15) is 5.11 Å². The first-order valence-corrected chi connectivity index (χ1v) is 10.1. The van der Waals surface area contributed by atoms with Gasteiger partial charge in [-0.15, -0.1) is 24.0 Å². The van der Waals surface area contributed by atoms with E-state index in [2.05, 4.69) is 34.9 Å². The molecular weight excluding hydrogens is 481 g/mol. The van der Waals surface area contributed by atoms with Gasteiger partial charge in [0, 0.05) is 38.1 Å². The van der Waals surface area contributed by atoms with Gasteiger partial charge in [-0.25, -0.2) is 0 Å². The molecule has 0 spiro atoms. The third kappa shape index (κ3) is 7.98. The van der Waals surface area contributed by atoms with Crippen LogP contribution in [0.15, 0.2) is 58.1 Å². The van der Waals surface area contributed by atoms with Crippen molar-refractivity contribution in [3.8, 4) is 0 Å². The van der Waals surface area contributed by atoms with E-state index < -0.39 is 0 Å². The first-order valence-electron chi connectivity index (χ1n) is 10.1. The Kier molecular flexibility index (Phi) is 10.5. The van der Waals surface area contributed by atoms with Crippen LogP contribution in [0.25, 0.3) is 0 Å². The maximum Gasteiger partial charge on any atom is 0.191 e. The number of nitrogens with zero attached hydrogens (tertiary/aromatic N) is 1. The summed E-state index contributed by atoms with van der Waals surface area (Å²) in [6.07, 6.45) is 5.10. The van der Waals surface area contributed by atoms with E-state index in [0.717, 1.165) is 57.1 Å². The Bertz CT molecular complexity index is 701. The number of aliphatic hydroxyl groups is 1. The molecule has 1 atom stereocenters. The van der Waals surface area contributed by atoms with Gasteiger partial charge < -0.3 is 24.9 Å². The van der Waals surface area contributed by atoms with Crippen LogP contribution >= 0.6 is 24.0 Å². The summed E-state index contributed by atoms with van der Waals surface area (Å²) in [6, 6.07) is 14.3. The molecule has 29 heavy (non-hydrogen) atoms. The topological polar surface area (TPSA) is 79.0 Å². The summed E-state index contributed by atoms with van der Waals surface area (Å²) >= 11 is 0. The number of rotatable bonds is 10. The number of ether oxygens (including phenoxy) is 1. The Morgan fingerprint density at radius 3 is 2.52 bits per heavy atom. The van der Waals surface area contributed by atoms with Crippen molar-refractivity contribution >= 4 is 29.9 Å². The summed E-state index contributed by atoms with van der Waals surface area (Å²) in [5, 5.41) is 16.3. The van der Waals surface area contributed by atoms with E-state index in [4.69, 9.17) is 14.1 Å².